The molecule has 3 aromatic rings. The zero-order chi connectivity index (χ0) is 19.9. The predicted octanol–water partition coefficient (Wildman–Crippen LogP) is 7.80. The molecule has 0 amide bonds. The highest BCUT2D eigenvalue weighted by atomic mass is 14.2. The summed E-state index contributed by atoms with van der Waals surface area (Å²) in [6, 6.07) is 26.0. The normalized spacial score (nSPS) is 14.1. The maximum atomic E-state index is 3.56. The van der Waals surface area contributed by atoms with Crippen molar-refractivity contribution in [3.63, 3.8) is 0 Å². The Morgan fingerprint density at radius 1 is 0.931 bits per heavy atom. The highest BCUT2D eigenvalue weighted by Crippen LogP contribution is 2.35. The lowest BCUT2D eigenvalue weighted by molar-refractivity contribution is 0.736. The van der Waals surface area contributed by atoms with Crippen LogP contribution in [-0.2, 0) is 0 Å². The Morgan fingerprint density at radius 3 is 2.48 bits per heavy atom. The van der Waals surface area contributed by atoms with Gasteiger partial charge in [-0.25, -0.2) is 0 Å². The molecule has 1 aliphatic carbocycles. The molecule has 0 N–H and O–H groups in total. The van der Waals surface area contributed by atoms with Gasteiger partial charge in [0.25, 0.3) is 0 Å². The molecular formula is C29H28. The van der Waals surface area contributed by atoms with E-state index in [0.717, 1.165) is 12.8 Å². The molecule has 0 saturated heterocycles. The monoisotopic (exact) mass is 376 g/mol. The fourth-order valence-electron chi connectivity index (χ4n) is 3.79. The molecule has 0 heterocycles. The van der Waals surface area contributed by atoms with E-state index in [9.17, 15) is 0 Å². The molecular weight excluding hydrogens is 348 g/mol. The van der Waals surface area contributed by atoms with Crippen LogP contribution in [-0.4, -0.2) is 0 Å². The van der Waals surface area contributed by atoms with Gasteiger partial charge in [-0.3, -0.25) is 0 Å². The molecule has 1 aliphatic rings. The quantitative estimate of drug-likeness (QED) is 0.224. The molecule has 1 unspecified atom stereocenters. The number of allylic oxidation sites excluding steroid dienone is 3. The first-order chi connectivity index (χ1) is 14.4. The van der Waals surface area contributed by atoms with E-state index in [4.69, 9.17) is 0 Å². The lowest BCUT2D eigenvalue weighted by Gasteiger charge is -2.14. The van der Waals surface area contributed by atoms with Crippen molar-refractivity contribution in [3.8, 4) is 11.8 Å². The number of hydrogen-bond acceptors (Lipinski definition) is 0. The van der Waals surface area contributed by atoms with E-state index in [0.29, 0.717) is 0 Å². The van der Waals surface area contributed by atoms with Crippen molar-refractivity contribution in [2.24, 2.45) is 5.92 Å². The minimum Gasteiger partial charge on any atom is -0.102 e. The van der Waals surface area contributed by atoms with Gasteiger partial charge >= 0.3 is 0 Å². The smallest absolute Gasteiger partial charge is 0.0605 e. The molecule has 0 fully saturated rings. The Hall–Kier alpha value is -3.04. The zero-order valence-corrected chi connectivity index (χ0v) is 17.2. The van der Waals surface area contributed by atoms with E-state index in [-0.39, 0.29) is 5.92 Å². The molecule has 4 rings (SSSR count). The molecule has 0 heteroatoms. The Kier molecular flexibility index (Phi) is 6.28. The van der Waals surface area contributed by atoms with Crippen LogP contribution < -0.4 is 0 Å². The van der Waals surface area contributed by atoms with E-state index >= 15 is 0 Å². The van der Waals surface area contributed by atoms with Gasteiger partial charge in [0.2, 0.25) is 0 Å². The standard InChI is InChI=1S/C29H28/c1-2-3-4-5-7-16-26(23-20-21-23)22-29(25-13-8-6-9-14-25)28-19-12-17-24-15-10-11-18-27(24)28/h6,8-15,17-20,22,26H,2-5,21H2,1H3/b29-22+. The average molecular weight is 377 g/mol. The van der Waals surface area contributed by atoms with E-state index in [1.165, 1.54) is 52.3 Å². The third-order valence-corrected chi connectivity index (χ3v) is 5.50. The molecule has 1 atom stereocenters. The maximum Gasteiger partial charge on any atom is 0.0605 e. The van der Waals surface area contributed by atoms with Crippen LogP contribution in [0, 0.1) is 17.8 Å². The van der Waals surface area contributed by atoms with Gasteiger partial charge in [-0.1, -0.05) is 116 Å². The Bertz CT molecular complexity index is 1080. The van der Waals surface area contributed by atoms with Crippen molar-refractivity contribution in [3.05, 3.63) is 102 Å². The predicted molar refractivity (Wildman–Crippen MR) is 126 cm³/mol. The molecule has 0 nitrogen and oxygen atoms in total. The maximum absolute atomic E-state index is 3.56. The molecule has 0 aliphatic heterocycles. The number of hydrogen-bond donors (Lipinski definition) is 0. The van der Waals surface area contributed by atoms with Crippen molar-refractivity contribution in [2.75, 3.05) is 0 Å². The van der Waals surface area contributed by atoms with Crippen molar-refractivity contribution in [2.45, 2.75) is 39.0 Å². The first-order valence-electron chi connectivity index (χ1n) is 10.8. The van der Waals surface area contributed by atoms with Crippen LogP contribution >= 0.6 is 0 Å². The van der Waals surface area contributed by atoms with E-state index in [1.807, 2.05) is 0 Å². The second-order valence-corrected chi connectivity index (χ2v) is 7.71. The minimum absolute atomic E-state index is 0.214. The van der Waals surface area contributed by atoms with E-state index in [2.05, 4.69) is 104 Å². The molecule has 29 heavy (non-hydrogen) atoms. The topological polar surface area (TPSA) is 0 Å². The van der Waals surface area contributed by atoms with Crippen LogP contribution in [0.3, 0.4) is 0 Å². The van der Waals surface area contributed by atoms with Gasteiger partial charge in [0.15, 0.2) is 0 Å². The first-order valence-corrected chi connectivity index (χ1v) is 10.8. The summed E-state index contributed by atoms with van der Waals surface area (Å²) in [7, 11) is 0. The van der Waals surface area contributed by atoms with Gasteiger partial charge < -0.3 is 0 Å². The average Bonchev–Trinajstić information content (AvgIpc) is 3.61. The molecule has 0 aromatic heterocycles. The van der Waals surface area contributed by atoms with E-state index in [1.54, 1.807) is 0 Å². The lowest BCUT2D eigenvalue weighted by atomic mass is 9.90. The Labute approximate surface area is 175 Å². The van der Waals surface area contributed by atoms with Crippen molar-refractivity contribution >= 4 is 16.3 Å². The molecule has 3 aromatic carbocycles. The molecule has 0 saturated carbocycles. The molecule has 0 spiro atoms. The van der Waals surface area contributed by atoms with Gasteiger partial charge in [-0.15, -0.1) is 5.92 Å². The van der Waals surface area contributed by atoms with Gasteiger partial charge in [0, 0.05) is 6.42 Å². The number of benzene rings is 3. The highest BCUT2D eigenvalue weighted by Gasteiger charge is 2.19. The largest absolute Gasteiger partial charge is 0.102 e. The Morgan fingerprint density at radius 2 is 1.69 bits per heavy atom. The summed E-state index contributed by atoms with van der Waals surface area (Å²) < 4.78 is 0. The van der Waals surface area contributed by atoms with Gasteiger partial charge in [0.05, 0.1) is 5.92 Å². The number of fused-ring (bicyclic) bond motifs is 1. The third-order valence-electron chi connectivity index (χ3n) is 5.50. The number of rotatable bonds is 7. The number of unbranched alkanes of at least 4 members (excludes halogenated alkanes) is 3. The van der Waals surface area contributed by atoms with Crippen LogP contribution in [0.1, 0.15) is 50.2 Å². The second-order valence-electron chi connectivity index (χ2n) is 7.71. The first kappa shape index (κ1) is 19.3. The lowest BCUT2D eigenvalue weighted by Crippen LogP contribution is -1.96. The Balaban J connectivity index is 1.77. The zero-order valence-electron chi connectivity index (χ0n) is 17.2. The summed E-state index contributed by atoms with van der Waals surface area (Å²) in [5, 5.41) is 2.57. The van der Waals surface area contributed by atoms with Gasteiger partial charge in [-0.05, 0) is 40.3 Å². The summed E-state index contributed by atoms with van der Waals surface area (Å²) in [5.74, 6) is 7.23. The van der Waals surface area contributed by atoms with Crippen molar-refractivity contribution in [1.29, 1.82) is 0 Å². The van der Waals surface area contributed by atoms with E-state index < -0.39 is 0 Å². The summed E-state index contributed by atoms with van der Waals surface area (Å²) in [6.45, 7) is 2.24. The third kappa shape index (κ3) is 4.87. The van der Waals surface area contributed by atoms with Crippen LogP contribution in [0.2, 0.25) is 0 Å². The van der Waals surface area contributed by atoms with Crippen molar-refractivity contribution < 1.29 is 0 Å². The van der Waals surface area contributed by atoms with Crippen molar-refractivity contribution in [1.82, 2.24) is 0 Å². The highest BCUT2D eigenvalue weighted by molar-refractivity contribution is 5.97. The van der Waals surface area contributed by atoms with Crippen LogP contribution in [0.25, 0.3) is 16.3 Å². The second kappa shape index (κ2) is 9.44. The molecule has 0 bridgehead atoms. The summed E-state index contributed by atoms with van der Waals surface area (Å²) >= 11 is 0. The fraction of sp³-hybridized carbons (Fsp3) is 0.241. The van der Waals surface area contributed by atoms with Gasteiger partial charge in [-0.2, -0.15) is 0 Å². The minimum atomic E-state index is 0.214. The summed E-state index contributed by atoms with van der Waals surface area (Å²) in [4.78, 5) is 0. The fourth-order valence-corrected chi connectivity index (χ4v) is 3.79. The molecule has 144 valence electrons. The van der Waals surface area contributed by atoms with Crippen LogP contribution in [0.4, 0.5) is 0 Å². The summed E-state index contributed by atoms with van der Waals surface area (Å²) in [5.41, 5.74) is 5.28. The summed E-state index contributed by atoms with van der Waals surface area (Å²) in [6.07, 6.45) is 10.5. The van der Waals surface area contributed by atoms with Crippen LogP contribution in [0.5, 0.6) is 0 Å². The SMILES string of the molecule is CCCCCC#CC(/C=C(\c1ccccc1)c1cccc2ccccc12)C1=CC1. The van der Waals surface area contributed by atoms with Crippen LogP contribution in [0.15, 0.2) is 90.5 Å². The molecule has 0 radical (unpaired) electrons. The van der Waals surface area contributed by atoms with Gasteiger partial charge in [0.1, 0.15) is 0 Å².